The fraction of sp³-hybridized carbons (Fsp3) is 0.231. The van der Waals surface area contributed by atoms with E-state index in [1.807, 2.05) is 6.92 Å². The first-order valence-corrected chi connectivity index (χ1v) is 5.98. The zero-order valence-corrected chi connectivity index (χ0v) is 11.2. The molecule has 0 radical (unpaired) electrons. The van der Waals surface area contributed by atoms with Crippen molar-refractivity contribution in [3.8, 4) is 6.07 Å². The van der Waals surface area contributed by atoms with Crippen LogP contribution in [0.3, 0.4) is 0 Å². The molecule has 19 heavy (non-hydrogen) atoms. The molecule has 0 unspecified atom stereocenters. The van der Waals surface area contributed by atoms with Crippen molar-refractivity contribution in [1.29, 1.82) is 5.26 Å². The van der Waals surface area contributed by atoms with Crippen LogP contribution in [0.25, 0.3) is 0 Å². The first-order chi connectivity index (χ1) is 9.08. The Kier molecular flexibility index (Phi) is 5.86. The van der Waals surface area contributed by atoms with E-state index in [1.54, 1.807) is 24.3 Å². The van der Waals surface area contributed by atoms with E-state index in [2.05, 4.69) is 10.6 Å². The molecule has 0 aliphatic heterocycles. The normalized spacial score (nSPS) is 10.7. The lowest BCUT2D eigenvalue weighted by Gasteiger charge is -2.08. The molecule has 0 saturated carbocycles. The van der Waals surface area contributed by atoms with Gasteiger partial charge in [-0.15, -0.1) is 0 Å². The van der Waals surface area contributed by atoms with Gasteiger partial charge in [0, 0.05) is 23.5 Å². The van der Waals surface area contributed by atoms with Crippen LogP contribution in [-0.4, -0.2) is 24.2 Å². The first-order valence-electron chi connectivity index (χ1n) is 5.60. The summed E-state index contributed by atoms with van der Waals surface area (Å²) >= 11 is 5.85. The van der Waals surface area contributed by atoms with Gasteiger partial charge in [-0.3, -0.25) is 4.79 Å². The number of nitrogens with zero attached hydrogens (tertiary/aromatic N) is 1. The topological polar surface area (TPSA) is 85.2 Å². The molecular formula is C13H14ClN3O2. The van der Waals surface area contributed by atoms with E-state index in [4.69, 9.17) is 22.0 Å². The highest BCUT2D eigenvalue weighted by Crippen LogP contribution is 2.20. The van der Waals surface area contributed by atoms with Crippen molar-refractivity contribution in [2.75, 3.05) is 18.5 Å². The number of hydrogen-bond donors (Lipinski definition) is 3. The number of nitriles is 1. The Morgan fingerprint density at radius 3 is 2.95 bits per heavy atom. The standard InChI is InChI=1S/C13H14ClN3O2/c1-9-2-3-11(14)6-12(9)17-13(19)10(7-15)8-16-4-5-18/h2-3,6,8,16,18H,4-5H2,1H3,(H,17,19)/b10-8-. The number of aryl methyl sites for hydroxylation is 1. The zero-order valence-electron chi connectivity index (χ0n) is 10.4. The van der Waals surface area contributed by atoms with Gasteiger partial charge in [-0.2, -0.15) is 5.26 Å². The molecule has 0 fully saturated rings. The van der Waals surface area contributed by atoms with E-state index in [0.717, 1.165) is 5.56 Å². The molecule has 0 atom stereocenters. The monoisotopic (exact) mass is 279 g/mol. The van der Waals surface area contributed by atoms with Crippen LogP contribution in [0, 0.1) is 18.3 Å². The third-order valence-electron chi connectivity index (χ3n) is 2.32. The van der Waals surface area contributed by atoms with Crippen molar-refractivity contribution in [3.63, 3.8) is 0 Å². The van der Waals surface area contributed by atoms with Crippen LogP contribution < -0.4 is 10.6 Å². The molecule has 100 valence electrons. The molecule has 0 aromatic heterocycles. The van der Waals surface area contributed by atoms with E-state index < -0.39 is 5.91 Å². The highest BCUT2D eigenvalue weighted by Gasteiger charge is 2.10. The Bertz CT molecular complexity index is 535. The van der Waals surface area contributed by atoms with Gasteiger partial charge in [0.05, 0.1) is 6.61 Å². The Morgan fingerprint density at radius 2 is 2.32 bits per heavy atom. The average molecular weight is 280 g/mol. The first kappa shape index (κ1) is 15.0. The SMILES string of the molecule is Cc1ccc(Cl)cc1NC(=O)/C(C#N)=C\NCCO. The number of nitrogens with one attached hydrogen (secondary N) is 2. The van der Waals surface area contributed by atoms with Crippen molar-refractivity contribution in [2.24, 2.45) is 0 Å². The Balaban J connectivity index is 2.80. The summed E-state index contributed by atoms with van der Waals surface area (Å²) in [5, 5.41) is 23.3. The minimum Gasteiger partial charge on any atom is -0.395 e. The van der Waals surface area contributed by atoms with Crippen molar-refractivity contribution < 1.29 is 9.90 Å². The number of rotatable bonds is 5. The highest BCUT2D eigenvalue weighted by atomic mass is 35.5. The molecule has 0 saturated heterocycles. The van der Waals surface area contributed by atoms with E-state index in [1.165, 1.54) is 6.20 Å². The highest BCUT2D eigenvalue weighted by molar-refractivity contribution is 6.31. The molecular weight excluding hydrogens is 266 g/mol. The van der Waals surface area contributed by atoms with Crippen LogP contribution >= 0.6 is 11.6 Å². The van der Waals surface area contributed by atoms with Gasteiger partial charge in [-0.1, -0.05) is 17.7 Å². The number of carbonyl (C=O) groups excluding carboxylic acids is 1. The third-order valence-corrected chi connectivity index (χ3v) is 2.55. The summed E-state index contributed by atoms with van der Waals surface area (Å²) in [6.45, 7) is 2.02. The number of hydrogen-bond acceptors (Lipinski definition) is 4. The lowest BCUT2D eigenvalue weighted by Crippen LogP contribution is -2.18. The summed E-state index contributed by atoms with van der Waals surface area (Å²) in [7, 11) is 0. The van der Waals surface area contributed by atoms with E-state index in [9.17, 15) is 4.79 Å². The maximum absolute atomic E-state index is 11.9. The second kappa shape index (κ2) is 7.41. The van der Waals surface area contributed by atoms with Crippen molar-refractivity contribution in [1.82, 2.24) is 5.32 Å². The summed E-state index contributed by atoms with van der Waals surface area (Å²) in [6.07, 6.45) is 1.27. The second-order valence-corrected chi connectivity index (χ2v) is 4.20. The van der Waals surface area contributed by atoms with Gasteiger partial charge >= 0.3 is 0 Å². The van der Waals surface area contributed by atoms with Gasteiger partial charge in [0.25, 0.3) is 5.91 Å². The number of aliphatic hydroxyl groups is 1. The fourth-order valence-electron chi connectivity index (χ4n) is 1.31. The number of halogens is 1. The number of carbonyl (C=O) groups is 1. The van der Waals surface area contributed by atoms with Crippen LogP contribution in [0.5, 0.6) is 0 Å². The Hall–Kier alpha value is -2.03. The summed E-state index contributed by atoms with van der Waals surface area (Å²) in [5.41, 5.74) is 1.33. The smallest absolute Gasteiger partial charge is 0.267 e. The lowest BCUT2D eigenvalue weighted by molar-refractivity contribution is -0.112. The van der Waals surface area contributed by atoms with Gasteiger partial charge in [0.2, 0.25) is 0 Å². The number of anilines is 1. The third kappa shape index (κ3) is 4.62. The van der Waals surface area contributed by atoms with Crippen LogP contribution in [0.15, 0.2) is 30.0 Å². The van der Waals surface area contributed by atoms with Crippen molar-refractivity contribution in [2.45, 2.75) is 6.92 Å². The van der Waals surface area contributed by atoms with Crippen molar-refractivity contribution >= 4 is 23.2 Å². The molecule has 0 heterocycles. The quantitative estimate of drug-likeness (QED) is 0.434. The maximum Gasteiger partial charge on any atom is 0.267 e. The van der Waals surface area contributed by atoms with E-state index in [-0.39, 0.29) is 18.7 Å². The van der Waals surface area contributed by atoms with Gasteiger partial charge in [-0.05, 0) is 24.6 Å². The predicted molar refractivity (Wildman–Crippen MR) is 73.6 cm³/mol. The molecule has 0 aliphatic carbocycles. The minimum atomic E-state index is -0.529. The van der Waals surface area contributed by atoms with Gasteiger partial charge < -0.3 is 15.7 Å². The maximum atomic E-state index is 11.9. The summed E-state index contributed by atoms with van der Waals surface area (Å²) in [5.74, 6) is -0.529. The fourth-order valence-corrected chi connectivity index (χ4v) is 1.48. The minimum absolute atomic E-state index is 0.0761. The Morgan fingerprint density at radius 1 is 1.58 bits per heavy atom. The summed E-state index contributed by atoms with van der Waals surface area (Å²) in [6, 6.07) is 6.90. The number of amides is 1. The zero-order chi connectivity index (χ0) is 14.3. The molecule has 0 bridgehead atoms. The molecule has 1 amide bonds. The Labute approximate surface area is 116 Å². The molecule has 0 aliphatic rings. The number of aliphatic hydroxyl groups excluding tert-OH is 1. The van der Waals surface area contributed by atoms with Crippen LogP contribution in [0.1, 0.15) is 5.56 Å². The van der Waals surface area contributed by atoms with Crippen LogP contribution in [0.4, 0.5) is 5.69 Å². The van der Waals surface area contributed by atoms with Gasteiger partial charge in [-0.25, -0.2) is 0 Å². The van der Waals surface area contributed by atoms with Gasteiger partial charge in [0.15, 0.2) is 0 Å². The van der Waals surface area contributed by atoms with Crippen molar-refractivity contribution in [3.05, 3.63) is 40.6 Å². The average Bonchev–Trinajstić information content (AvgIpc) is 2.39. The molecule has 1 rings (SSSR count). The summed E-state index contributed by atoms with van der Waals surface area (Å²) < 4.78 is 0. The largest absolute Gasteiger partial charge is 0.395 e. The molecule has 1 aromatic carbocycles. The summed E-state index contributed by atoms with van der Waals surface area (Å²) in [4.78, 5) is 11.9. The van der Waals surface area contributed by atoms with E-state index >= 15 is 0 Å². The molecule has 6 heteroatoms. The van der Waals surface area contributed by atoms with Crippen LogP contribution in [0.2, 0.25) is 5.02 Å². The molecule has 5 nitrogen and oxygen atoms in total. The molecule has 3 N–H and O–H groups in total. The second-order valence-electron chi connectivity index (χ2n) is 3.76. The van der Waals surface area contributed by atoms with E-state index in [0.29, 0.717) is 10.7 Å². The van der Waals surface area contributed by atoms with Gasteiger partial charge in [0.1, 0.15) is 11.6 Å². The molecule has 1 aromatic rings. The number of benzene rings is 1. The van der Waals surface area contributed by atoms with Crippen LogP contribution in [-0.2, 0) is 4.79 Å². The molecule has 0 spiro atoms. The predicted octanol–water partition coefficient (Wildman–Crippen LogP) is 1.58. The lowest BCUT2D eigenvalue weighted by atomic mass is 10.2.